The van der Waals surface area contributed by atoms with Gasteiger partial charge in [0.1, 0.15) is 0 Å². The second kappa shape index (κ2) is 6.61. The summed E-state index contributed by atoms with van der Waals surface area (Å²) in [5, 5.41) is 12.2. The van der Waals surface area contributed by atoms with E-state index in [0.29, 0.717) is 26.1 Å². The van der Waals surface area contributed by atoms with E-state index in [-0.39, 0.29) is 24.2 Å². The number of carboxylic acids is 1. The quantitative estimate of drug-likeness (QED) is 0.821. The number of rotatable bonds is 5. The molecule has 0 spiro atoms. The lowest BCUT2D eigenvalue weighted by atomic mass is 9.86. The molecule has 0 radical (unpaired) electrons. The first kappa shape index (κ1) is 16.5. The fourth-order valence-electron chi connectivity index (χ4n) is 3.34. The Morgan fingerprint density at radius 1 is 1.35 bits per heavy atom. The van der Waals surface area contributed by atoms with Crippen LogP contribution in [0, 0.1) is 5.92 Å². The number of carbonyl (C=O) groups excluding carboxylic acids is 1. The maximum absolute atomic E-state index is 12.6. The standard InChI is InChI=1S/C17H20BrNO4/c18-12-3-1-2-11(8-12)13-9-14(13)16(22)19-17(10-15(20)21)4-6-23-7-5-17/h1-3,8,13-14H,4-7,9-10H2,(H,19,22)(H,20,21). The smallest absolute Gasteiger partial charge is 0.305 e. The zero-order chi connectivity index (χ0) is 16.4. The summed E-state index contributed by atoms with van der Waals surface area (Å²) in [5.41, 5.74) is 0.491. The largest absolute Gasteiger partial charge is 0.481 e. The molecule has 1 aliphatic carbocycles. The van der Waals surface area contributed by atoms with Crippen LogP contribution in [0.3, 0.4) is 0 Å². The monoisotopic (exact) mass is 381 g/mol. The van der Waals surface area contributed by atoms with Crippen LogP contribution in [0.1, 0.15) is 37.2 Å². The molecule has 1 aliphatic heterocycles. The molecule has 2 aliphatic rings. The number of ether oxygens (including phenoxy) is 1. The van der Waals surface area contributed by atoms with Crippen molar-refractivity contribution in [2.75, 3.05) is 13.2 Å². The number of hydrogen-bond acceptors (Lipinski definition) is 3. The molecule has 1 aromatic rings. The second-order valence-corrected chi connectivity index (χ2v) is 7.37. The van der Waals surface area contributed by atoms with E-state index in [2.05, 4.69) is 21.2 Å². The van der Waals surface area contributed by atoms with Gasteiger partial charge >= 0.3 is 5.97 Å². The Bertz CT molecular complexity index is 612. The van der Waals surface area contributed by atoms with Gasteiger partial charge in [-0.3, -0.25) is 9.59 Å². The highest BCUT2D eigenvalue weighted by atomic mass is 79.9. The molecule has 1 heterocycles. The van der Waals surface area contributed by atoms with Crippen LogP contribution in [0.2, 0.25) is 0 Å². The fraction of sp³-hybridized carbons (Fsp3) is 0.529. The number of aliphatic carboxylic acids is 1. The van der Waals surface area contributed by atoms with Gasteiger partial charge in [0.2, 0.25) is 5.91 Å². The Balaban J connectivity index is 1.65. The minimum Gasteiger partial charge on any atom is -0.481 e. The van der Waals surface area contributed by atoms with Crippen molar-refractivity contribution >= 4 is 27.8 Å². The average Bonchev–Trinajstić information content (AvgIpc) is 3.27. The van der Waals surface area contributed by atoms with Gasteiger partial charge < -0.3 is 15.2 Å². The summed E-state index contributed by atoms with van der Waals surface area (Å²) in [7, 11) is 0. The molecule has 6 heteroatoms. The predicted molar refractivity (Wildman–Crippen MR) is 88.2 cm³/mol. The van der Waals surface area contributed by atoms with Crippen LogP contribution in [0.5, 0.6) is 0 Å². The Morgan fingerprint density at radius 2 is 2.09 bits per heavy atom. The van der Waals surface area contributed by atoms with Gasteiger partial charge in [0.05, 0.1) is 12.0 Å². The van der Waals surface area contributed by atoms with E-state index in [1.54, 1.807) is 0 Å². The van der Waals surface area contributed by atoms with E-state index in [1.807, 2.05) is 24.3 Å². The molecule has 2 unspecified atom stereocenters. The lowest BCUT2D eigenvalue weighted by Crippen LogP contribution is -2.53. The van der Waals surface area contributed by atoms with Crippen molar-refractivity contribution in [3.63, 3.8) is 0 Å². The lowest BCUT2D eigenvalue weighted by Gasteiger charge is -2.37. The maximum Gasteiger partial charge on any atom is 0.305 e. The van der Waals surface area contributed by atoms with Gasteiger partial charge in [-0.15, -0.1) is 0 Å². The third-order valence-electron chi connectivity index (χ3n) is 4.73. The maximum atomic E-state index is 12.6. The molecule has 3 rings (SSSR count). The van der Waals surface area contributed by atoms with E-state index in [4.69, 9.17) is 9.84 Å². The molecule has 0 aromatic heterocycles. The summed E-state index contributed by atoms with van der Waals surface area (Å²) < 4.78 is 6.33. The molecule has 124 valence electrons. The highest BCUT2D eigenvalue weighted by Gasteiger charge is 2.47. The molecule has 1 amide bonds. The molecule has 1 saturated carbocycles. The van der Waals surface area contributed by atoms with Gasteiger partial charge in [-0.2, -0.15) is 0 Å². The van der Waals surface area contributed by atoms with E-state index < -0.39 is 11.5 Å². The summed E-state index contributed by atoms with van der Waals surface area (Å²) in [4.78, 5) is 23.7. The van der Waals surface area contributed by atoms with E-state index >= 15 is 0 Å². The van der Waals surface area contributed by atoms with Crippen LogP contribution in [0.25, 0.3) is 0 Å². The minimum atomic E-state index is -0.883. The van der Waals surface area contributed by atoms with Gasteiger partial charge in [-0.25, -0.2) is 0 Å². The van der Waals surface area contributed by atoms with Crippen molar-refractivity contribution in [2.24, 2.45) is 5.92 Å². The molecule has 1 saturated heterocycles. The van der Waals surface area contributed by atoms with Crippen molar-refractivity contribution in [3.8, 4) is 0 Å². The van der Waals surface area contributed by atoms with E-state index in [1.165, 1.54) is 0 Å². The summed E-state index contributed by atoms with van der Waals surface area (Å²) in [6, 6.07) is 8.01. The summed E-state index contributed by atoms with van der Waals surface area (Å²) >= 11 is 3.45. The van der Waals surface area contributed by atoms with Gasteiger partial charge in [0.15, 0.2) is 0 Å². The third kappa shape index (κ3) is 3.93. The first-order valence-electron chi connectivity index (χ1n) is 7.86. The Morgan fingerprint density at radius 3 is 2.74 bits per heavy atom. The van der Waals surface area contributed by atoms with Gasteiger partial charge in [0, 0.05) is 23.6 Å². The van der Waals surface area contributed by atoms with Crippen molar-refractivity contribution in [1.29, 1.82) is 0 Å². The summed E-state index contributed by atoms with van der Waals surface area (Å²) in [6.45, 7) is 0.987. The van der Waals surface area contributed by atoms with E-state index in [0.717, 1.165) is 16.5 Å². The molecular weight excluding hydrogens is 362 g/mol. The lowest BCUT2D eigenvalue weighted by molar-refractivity contribution is -0.140. The molecule has 2 atom stereocenters. The second-order valence-electron chi connectivity index (χ2n) is 6.46. The number of carboxylic acid groups (broad SMARTS) is 1. The zero-order valence-electron chi connectivity index (χ0n) is 12.8. The number of benzene rings is 1. The van der Waals surface area contributed by atoms with Gasteiger partial charge in [0.25, 0.3) is 0 Å². The Labute approximate surface area is 143 Å². The molecular formula is C17H20BrNO4. The fourth-order valence-corrected chi connectivity index (χ4v) is 3.76. The van der Waals surface area contributed by atoms with Crippen LogP contribution >= 0.6 is 15.9 Å². The summed E-state index contributed by atoms with van der Waals surface area (Å²) in [6.07, 6.45) is 1.89. The number of amides is 1. The van der Waals surface area contributed by atoms with E-state index in [9.17, 15) is 9.59 Å². The first-order chi connectivity index (χ1) is 11.0. The number of hydrogen-bond donors (Lipinski definition) is 2. The number of nitrogens with one attached hydrogen (secondary N) is 1. The minimum absolute atomic E-state index is 0.0295. The highest BCUT2D eigenvalue weighted by molar-refractivity contribution is 9.10. The molecule has 2 N–H and O–H groups in total. The normalized spacial score (nSPS) is 25.6. The van der Waals surface area contributed by atoms with Crippen LogP contribution in [-0.2, 0) is 14.3 Å². The Hall–Kier alpha value is -1.40. The van der Waals surface area contributed by atoms with Crippen molar-refractivity contribution in [1.82, 2.24) is 5.32 Å². The van der Waals surface area contributed by atoms with Crippen LogP contribution in [-0.4, -0.2) is 35.7 Å². The average molecular weight is 382 g/mol. The van der Waals surface area contributed by atoms with Crippen LogP contribution in [0.15, 0.2) is 28.7 Å². The van der Waals surface area contributed by atoms with Crippen LogP contribution < -0.4 is 5.32 Å². The highest BCUT2D eigenvalue weighted by Crippen LogP contribution is 2.48. The van der Waals surface area contributed by atoms with Crippen molar-refractivity contribution in [3.05, 3.63) is 34.3 Å². The number of halogens is 1. The molecule has 5 nitrogen and oxygen atoms in total. The van der Waals surface area contributed by atoms with Crippen LogP contribution in [0.4, 0.5) is 0 Å². The number of carbonyl (C=O) groups is 2. The summed E-state index contributed by atoms with van der Waals surface area (Å²) in [5.74, 6) is -0.739. The van der Waals surface area contributed by atoms with Gasteiger partial charge in [-0.1, -0.05) is 28.1 Å². The first-order valence-corrected chi connectivity index (χ1v) is 8.65. The van der Waals surface area contributed by atoms with Crippen molar-refractivity contribution in [2.45, 2.75) is 37.1 Å². The molecule has 1 aromatic carbocycles. The molecule has 23 heavy (non-hydrogen) atoms. The zero-order valence-corrected chi connectivity index (χ0v) is 14.3. The molecule has 0 bridgehead atoms. The SMILES string of the molecule is O=C(O)CC1(NC(=O)C2CC2c2cccc(Br)c2)CCOCC1. The third-order valence-corrected chi connectivity index (χ3v) is 5.23. The topological polar surface area (TPSA) is 75.6 Å². The van der Waals surface area contributed by atoms with Crippen molar-refractivity contribution < 1.29 is 19.4 Å². The predicted octanol–water partition coefficient (Wildman–Crippen LogP) is 2.69. The molecule has 2 fully saturated rings. The Kier molecular flexibility index (Phi) is 4.73. The van der Waals surface area contributed by atoms with Gasteiger partial charge in [-0.05, 0) is 42.9 Å².